The average molecular weight is 432 g/mol. The SMILES string of the molecule is Cc1ccccc1Nc1nc(N)nc(CSc2ccc(S(=O)(=O)N(C)C)cn2)n1. The summed E-state index contributed by atoms with van der Waals surface area (Å²) in [5, 5.41) is 3.80. The zero-order chi connectivity index (χ0) is 21.0. The van der Waals surface area contributed by atoms with Gasteiger partial charge in [0.25, 0.3) is 0 Å². The second kappa shape index (κ2) is 8.72. The Morgan fingerprint density at radius 1 is 1.10 bits per heavy atom. The van der Waals surface area contributed by atoms with Gasteiger partial charge in [0.15, 0.2) is 0 Å². The summed E-state index contributed by atoms with van der Waals surface area (Å²) in [6.45, 7) is 1.98. The van der Waals surface area contributed by atoms with Crippen molar-refractivity contribution in [2.24, 2.45) is 0 Å². The summed E-state index contributed by atoms with van der Waals surface area (Å²) in [6.07, 6.45) is 1.34. The number of aromatic nitrogens is 4. The van der Waals surface area contributed by atoms with E-state index in [9.17, 15) is 8.42 Å². The number of hydrogen-bond acceptors (Lipinski definition) is 9. The van der Waals surface area contributed by atoms with Crippen LogP contribution in [0.15, 0.2) is 52.5 Å². The Balaban J connectivity index is 1.71. The predicted molar refractivity (Wildman–Crippen MR) is 113 cm³/mol. The van der Waals surface area contributed by atoms with Crippen LogP contribution in [-0.4, -0.2) is 46.8 Å². The molecular formula is C18H21N7O2S2. The van der Waals surface area contributed by atoms with Gasteiger partial charge in [-0.2, -0.15) is 15.0 Å². The second-order valence-corrected chi connectivity index (χ2v) is 9.43. The number of nitrogen functional groups attached to an aromatic ring is 1. The molecule has 0 spiro atoms. The van der Waals surface area contributed by atoms with Crippen LogP contribution in [0.1, 0.15) is 11.4 Å². The van der Waals surface area contributed by atoms with Crippen molar-refractivity contribution in [3.8, 4) is 0 Å². The molecule has 11 heteroatoms. The molecule has 29 heavy (non-hydrogen) atoms. The predicted octanol–water partition coefficient (Wildman–Crippen LogP) is 2.44. The second-order valence-electron chi connectivity index (χ2n) is 6.28. The van der Waals surface area contributed by atoms with Crippen LogP contribution in [0.2, 0.25) is 0 Å². The van der Waals surface area contributed by atoms with Crippen LogP contribution < -0.4 is 11.1 Å². The molecule has 152 valence electrons. The summed E-state index contributed by atoms with van der Waals surface area (Å²) in [6, 6.07) is 11.0. The van der Waals surface area contributed by atoms with Gasteiger partial charge in [-0.05, 0) is 30.7 Å². The molecule has 2 heterocycles. The lowest BCUT2D eigenvalue weighted by atomic mass is 10.2. The summed E-state index contributed by atoms with van der Waals surface area (Å²) in [5.41, 5.74) is 7.76. The number of rotatable bonds is 7. The highest BCUT2D eigenvalue weighted by molar-refractivity contribution is 7.98. The molecule has 0 aliphatic rings. The van der Waals surface area contributed by atoms with E-state index >= 15 is 0 Å². The highest BCUT2D eigenvalue weighted by Crippen LogP contribution is 2.23. The molecule has 0 amide bonds. The van der Waals surface area contributed by atoms with Crippen molar-refractivity contribution in [1.82, 2.24) is 24.2 Å². The first-order valence-corrected chi connectivity index (χ1v) is 11.0. The van der Waals surface area contributed by atoms with Crippen molar-refractivity contribution in [2.45, 2.75) is 22.6 Å². The van der Waals surface area contributed by atoms with E-state index < -0.39 is 10.0 Å². The molecule has 9 nitrogen and oxygen atoms in total. The van der Waals surface area contributed by atoms with Crippen LogP contribution in [0.25, 0.3) is 0 Å². The maximum absolute atomic E-state index is 12.1. The number of anilines is 3. The van der Waals surface area contributed by atoms with Crippen LogP contribution in [0.3, 0.4) is 0 Å². The number of thioether (sulfide) groups is 1. The Kier molecular flexibility index (Phi) is 6.30. The number of hydrogen-bond donors (Lipinski definition) is 2. The minimum atomic E-state index is -3.50. The van der Waals surface area contributed by atoms with Gasteiger partial charge in [0.05, 0.1) is 10.8 Å². The van der Waals surface area contributed by atoms with Gasteiger partial charge in [-0.25, -0.2) is 17.7 Å². The lowest BCUT2D eigenvalue weighted by molar-refractivity contribution is 0.520. The quantitative estimate of drug-likeness (QED) is 0.542. The molecule has 2 aromatic heterocycles. The van der Waals surface area contributed by atoms with E-state index in [1.165, 1.54) is 38.1 Å². The monoisotopic (exact) mass is 431 g/mol. The van der Waals surface area contributed by atoms with Crippen molar-refractivity contribution in [2.75, 3.05) is 25.1 Å². The maximum Gasteiger partial charge on any atom is 0.244 e. The number of benzene rings is 1. The summed E-state index contributed by atoms with van der Waals surface area (Å²) in [4.78, 5) is 17.0. The molecule has 0 atom stereocenters. The number of nitrogens with two attached hydrogens (primary N) is 1. The largest absolute Gasteiger partial charge is 0.368 e. The van der Waals surface area contributed by atoms with Crippen molar-refractivity contribution in [1.29, 1.82) is 0 Å². The topological polar surface area (TPSA) is 127 Å². The molecule has 3 aromatic rings. The van der Waals surface area contributed by atoms with E-state index in [0.717, 1.165) is 15.6 Å². The van der Waals surface area contributed by atoms with Crippen LogP contribution in [0, 0.1) is 6.92 Å². The molecule has 0 unspecified atom stereocenters. The van der Waals surface area contributed by atoms with E-state index in [1.54, 1.807) is 6.07 Å². The molecule has 3 rings (SSSR count). The van der Waals surface area contributed by atoms with Crippen molar-refractivity contribution in [3.05, 3.63) is 54.0 Å². The number of nitrogens with one attached hydrogen (secondary N) is 1. The lowest BCUT2D eigenvalue weighted by Crippen LogP contribution is -2.22. The Bertz CT molecular complexity index is 1100. The van der Waals surface area contributed by atoms with Gasteiger partial charge >= 0.3 is 0 Å². The summed E-state index contributed by atoms with van der Waals surface area (Å²) in [7, 11) is -0.546. The summed E-state index contributed by atoms with van der Waals surface area (Å²) in [5.74, 6) is 1.38. The zero-order valence-electron chi connectivity index (χ0n) is 16.2. The first-order chi connectivity index (χ1) is 13.8. The van der Waals surface area contributed by atoms with E-state index in [-0.39, 0.29) is 10.8 Å². The number of aryl methyl sites for hydroxylation is 1. The Labute approximate surface area is 173 Å². The van der Waals surface area contributed by atoms with E-state index in [0.29, 0.717) is 22.6 Å². The molecule has 3 N–H and O–H groups in total. The lowest BCUT2D eigenvalue weighted by Gasteiger charge is -2.11. The van der Waals surface area contributed by atoms with Gasteiger partial charge < -0.3 is 11.1 Å². The molecule has 1 aromatic carbocycles. The van der Waals surface area contributed by atoms with Gasteiger partial charge in [-0.15, -0.1) is 0 Å². The third-order valence-corrected chi connectivity index (χ3v) is 6.67. The number of para-hydroxylation sites is 1. The van der Waals surface area contributed by atoms with E-state index in [2.05, 4.69) is 25.3 Å². The van der Waals surface area contributed by atoms with Crippen molar-refractivity contribution >= 4 is 39.4 Å². The van der Waals surface area contributed by atoms with Crippen LogP contribution in [0.5, 0.6) is 0 Å². The highest BCUT2D eigenvalue weighted by Gasteiger charge is 2.17. The summed E-state index contributed by atoms with van der Waals surface area (Å²) < 4.78 is 25.4. The number of nitrogens with zero attached hydrogens (tertiary/aromatic N) is 5. The third kappa shape index (κ3) is 5.19. The fourth-order valence-corrected chi connectivity index (χ4v) is 3.89. The minimum absolute atomic E-state index is 0.118. The first-order valence-electron chi connectivity index (χ1n) is 8.60. The van der Waals surface area contributed by atoms with Gasteiger partial charge in [0.1, 0.15) is 10.7 Å². The number of sulfonamides is 1. The smallest absolute Gasteiger partial charge is 0.244 e. The Hall–Kier alpha value is -2.76. The van der Waals surface area contributed by atoms with Gasteiger partial charge in [-0.1, -0.05) is 30.0 Å². The third-order valence-electron chi connectivity index (χ3n) is 3.93. The standard InChI is InChI=1S/C18H21N7O2S2/c1-12-6-4-5-7-14(12)21-18-23-15(22-17(19)24-18)11-28-16-9-8-13(10-20-16)29(26,27)25(2)3/h4-10H,11H2,1-3H3,(H3,19,21,22,23,24). The normalized spacial score (nSPS) is 11.6. The zero-order valence-corrected chi connectivity index (χ0v) is 17.8. The van der Waals surface area contributed by atoms with E-state index in [1.807, 2.05) is 31.2 Å². The van der Waals surface area contributed by atoms with Crippen LogP contribution in [0.4, 0.5) is 17.6 Å². The molecule has 0 aliphatic heterocycles. The summed E-state index contributed by atoms with van der Waals surface area (Å²) >= 11 is 1.37. The Morgan fingerprint density at radius 3 is 2.52 bits per heavy atom. The molecule has 0 fully saturated rings. The van der Waals surface area contributed by atoms with Gasteiger partial charge in [-0.3, -0.25) is 0 Å². The molecule has 0 radical (unpaired) electrons. The van der Waals surface area contributed by atoms with E-state index in [4.69, 9.17) is 5.73 Å². The molecular weight excluding hydrogens is 410 g/mol. The van der Waals surface area contributed by atoms with Crippen molar-refractivity contribution < 1.29 is 8.42 Å². The van der Waals surface area contributed by atoms with Gasteiger partial charge in [0, 0.05) is 26.0 Å². The molecule has 0 bridgehead atoms. The minimum Gasteiger partial charge on any atom is -0.368 e. The number of pyridine rings is 1. The maximum atomic E-state index is 12.1. The van der Waals surface area contributed by atoms with Crippen LogP contribution >= 0.6 is 11.8 Å². The molecule has 0 aliphatic carbocycles. The fourth-order valence-electron chi connectivity index (χ4n) is 2.35. The molecule has 0 saturated heterocycles. The highest BCUT2D eigenvalue weighted by atomic mass is 32.2. The first kappa shape index (κ1) is 21.0. The van der Waals surface area contributed by atoms with Gasteiger partial charge in [0.2, 0.25) is 21.9 Å². The molecule has 0 saturated carbocycles. The Morgan fingerprint density at radius 2 is 1.86 bits per heavy atom. The van der Waals surface area contributed by atoms with Crippen molar-refractivity contribution in [3.63, 3.8) is 0 Å². The van der Waals surface area contributed by atoms with Crippen LogP contribution in [-0.2, 0) is 15.8 Å². The average Bonchev–Trinajstić information content (AvgIpc) is 2.68. The fraction of sp³-hybridized carbons (Fsp3) is 0.222.